The number of rotatable bonds is 30. The fourth-order valence-corrected chi connectivity index (χ4v) is 5.92. The van der Waals surface area contributed by atoms with Crippen LogP contribution >= 0.6 is 0 Å². The maximum absolute atomic E-state index is 11.3. The predicted octanol–water partition coefficient (Wildman–Crippen LogP) is 12.6. The van der Waals surface area contributed by atoms with E-state index in [9.17, 15) is 15.2 Å². The first-order valence-corrected chi connectivity index (χ1v) is 19.5. The van der Waals surface area contributed by atoms with Crippen LogP contribution in [0.2, 0.25) is 0 Å². The first-order chi connectivity index (χ1) is 24.0. The van der Waals surface area contributed by atoms with E-state index in [1.807, 2.05) is 24.3 Å². The predicted molar refractivity (Wildman–Crippen MR) is 203 cm³/mol. The number of allylic oxidation sites excluding steroid dienone is 1. The Hall–Kier alpha value is -3.46. The van der Waals surface area contributed by atoms with Crippen LogP contribution in [0, 0.1) is 11.3 Å². The lowest BCUT2D eigenvalue weighted by molar-refractivity contribution is -0.145. The van der Waals surface area contributed by atoms with Gasteiger partial charge in [-0.05, 0) is 72.9 Å². The van der Waals surface area contributed by atoms with Crippen molar-refractivity contribution in [3.8, 4) is 23.3 Å². The highest BCUT2D eigenvalue weighted by atomic mass is 16.5. The van der Waals surface area contributed by atoms with Crippen molar-refractivity contribution in [1.82, 2.24) is 0 Å². The van der Waals surface area contributed by atoms with Crippen LogP contribution in [-0.2, 0) is 4.79 Å². The van der Waals surface area contributed by atoms with Crippen LogP contribution in [0.3, 0.4) is 0 Å². The minimum atomic E-state index is -0.994. The van der Waals surface area contributed by atoms with E-state index >= 15 is 0 Å². The van der Waals surface area contributed by atoms with Crippen LogP contribution < -0.4 is 14.2 Å². The summed E-state index contributed by atoms with van der Waals surface area (Å²) in [5.41, 5.74) is 2.09. The SMILES string of the molecule is CCCCCCCCCCCCOc1ccc(/C=C(\C#N)c2ccc(OC(CC)C(=O)O)cc2)cc1OCCCCCCCCCCCC. The van der Waals surface area contributed by atoms with Crippen LogP contribution in [0.4, 0.5) is 0 Å². The zero-order valence-electron chi connectivity index (χ0n) is 31.0. The summed E-state index contributed by atoms with van der Waals surface area (Å²) in [6.07, 6.45) is 26.9. The van der Waals surface area contributed by atoms with Crippen molar-refractivity contribution in [3.63, 3.8) is 0 Å². The number of carbonyl (C=O) groups is 1. The zero-order valence-corrected chi connectivity index (χ0v) is 31.0. The van der Waals surface area contributed by atoms with Crippen molar-refractivity contribution in [2.75, 3.05) is 13.2 Å². The lowest BCUT2D eigenvalue weighted by atomic mass is 10.0. The summed E-state index contributed by atoms with van der Waals surface area (Å²) < 4.78 is 18.1. The molecule has 1 atom stereocenters. The molecule has 0 aromatic heterocycles. The van der Waals surface area contributed by atoms with E-state index in [4.69, 9.17) is 14.2 Å². The van der Waals surface area contributed by atoms with Crippen molar-refractivity contribution < 1.29 is 24.1 Å². The molecule has 0 spiro atoms. The van der Waals surface area contributed by atoms with Gasteiger partial charge in [-0.25, -0.2) is 4.79 Å². The summed E-state index contributed by atoms with van der Waals surface area (Å²) in [7, 11) is 0. The molecule has 0 bridgehead atoms. The molecule has 0 radical (unpaired) electrons. The smallest absolute Gasteiger partial charge is 0.344 e. The van der Waals surface area contributed by atoms with E-state index in [0.29, 0.717) is 31.0 Å². The van der Waals surface area contributed by atoms with E-state index in [0.717, 1.165) is 41.9 Å². The number of aliphatic carboxylic acids is 1. The topological polar surface area (TPSA) is 88.8 Å². The Bertz CT molecular complexity index is 1220. The number of ether oxygens (including phenoxy) is 3. The van der Waals surface area contributed by atoms with Gasteiger partial charge in [0.1, 0.15) is 5.75 Å². The van der Waals surface area contributed by atoms with Crippen molar-refractivity contribution in [2.24, 2.45) is 0 Å². The Labute approximate surface area is 298 Å². The summed E-state index contributed by atoms with van der Waals surface area (Å²) in [6, 6.07) is 15.2. The van der Waals surface area contributed by atoms with Crippen molar-refractivity contribution in [3.05, 3.63) is 53.6 Å². The summed E-state index contributed by atoms with van der Waals surface area (Å²) in [4.78, 5) is 11.3. The second-order valence-corrected chi connectivity index (χ2v) is 13.3. The summed E-state index contributed by atoms with van der Waals surface area (Å²) in [6.45, 7) is 7.60. The molecule has 2 aromatic carbocycles. The molecule has 272 valence electrons. The number of unbranched alkanes of at least 4 members (excludes halogenated alkanes) is 18. The minimum Gasteiger partial charge on any atom is -0.490 e. The van der Waals surface area contributed by atoms with Gasteiger partial charge in [0, 0.05) is 0 Å². The molecular weight excluding hydrogens is 610 g/mol. The summed E-state index contributed by atoms with van der Waals surface area (Å²) in [5, 5.41) is 19.3. The first kappa shape index (κ1) is 41.7. The second-order valence-electron chi connectivity index (χ2n) is 13.3. The van der Waals surface area contributed by atoms with Crippen LogP contribution in [0.1, 0.15) is 167 Å². The van der Waals surface area contributed by atoms with Gasteiger partial charge in [-0.15, -0.1) is 0 Å². The van der Waals surface area contributed by atoms with Gasteiger partial charge in [0.2, 0.25) is 0 Å². The van der Waals surface area contributed by atoms with Crippen LogP contribution in [-0.4, -0.2) is 30.4 Å². The second kappa shape index (κ2) is 27.4. The minimum absolute atomic E-state index is 0.364. The van der Waals surface area contributed by atoms with Gasteiger partial charge < -0.3 is 19.3 Å². The van der Waals surface area contributed by atoms with E-state index in [-0.39, 0.29) is 0 Å². The Morgan fingerprint density at radius 2 is 1.14 bits per heavy atom. The Kier molecular flexibility index (Phi) is 23.3. The van der Waals surface area contributed by atoms with E-state index in [2.05, 4.69) is 19.9 Å². The van der Waals surface area contributed by atoms with Crippen molar-refractivity contribution >= 4 is 17.6 Å². The Morgan fingerprint density at radius 3 is 1.59 bits per heavy atom. The number of carboxylic acids is 1. The molecule has 0 aliphatic carbocycles. The summed E-state index contributed by atoms with van der Waals surface area (Å²) >= 11 is 0. The number of hydrogen-bond donors (Lipinski definition) is 1. The monoisotopic (exact) mass is 675 g/mol. The molecule has 2 aromatic rings. The van der Waals surface area contributed by atoms with E-state index in [1.165, 1.54) is 109 Å². The molecule has 6 nitrogen and oxygen atoms in total. The number of nitriles is 1. The number of carboxylic acid groups (broad SMARTS) is 1. The fourth-order valence-electron chi connectivity index (χ4n) is 5.92. The van der Waals surface area contributed by atoms with E-state index in [1.54, 1.807) is 31.2 Å². The molecule has 1 unspecified atom stereocenters. The number of hydrogen-bond acceptors (Lipinski definition) is 5. The molecular formula is C43H65NO5. The molecule has 0 saturated carbocycles. The quantitative estimate of drug-likeness (QED) is 0.0503. The van der Waals surface area contributed by atoms with Gasteiger partial charge in [-0.2, -0.15) is 5.26 Å². The third-order valence-corrected chi connectivity index (χ3v) is 9.00. The highest BCUT2D eigenvalue weighted by Crippen LogP contribution is 2.31. The highest BCUT2D eigenvalue weighted by molar-refractivity contribution is 5.90. The summed E-state index contributed by atoms with van der Waals surface area (Å²) in [5.74, 6) is 0.939. The van der Waals surface area contributed by atoms with Gasteiger partial charge in [0.05, 0.1) is 24.9 Å². The lowest BCUT2D eigenvalue weighted by Crippen LogP contribution is -2.25. The van der Waals surface area contributed by atoms with Gasteiger partial charge in [0.25, 0.3) is 0 Å². The van der Waals surface area contributed by atoms with Gasteiger partial charge in [-0.3, -0.25) is 0 Å². The standard InChI is InChI=1S/C43H65NO5/c1-4-7-9-11-13-15-17-19-21-23-31-47-41-30-25-36(34-42(41)48-32-24-22-20-18-16-14-12-10-8-5-2)33-38(35-44)37-26-28-39(29-27-37)49-40(6-3)43(45)46/h25-30,33-34,40H,4-24,31-32H2,1-3H3,(H,45,46)/b38-33+. The first-order valence-electron chi connectivity index (χ1n) is 19.5. The van der Waals surface area contributed by atoms with E-state index < -0.39 is 12.1 Å². The van der Waals surface area contributed by atoms with Gasteiger partial charge in [-0.1, -0.05) is 142 Å². The molecule has 0 fully saturated rings. The van der Waals surface area contributed by atoms with Gasteiger partial charge >= 0.3 is 5.97 Å². The Morgan fingerprint density at radius 1 is 0.673 bits per heavy atom. The highest BCUT2D eigenvalue weighted by Gasteiger charge is 2.17. The average molecular weight is 676 g/mol. The molecule has 0 amide bonds. The third kappa shape index (κ3) is 18.8. The lowest BCUT2D eigenvalue weighted by Gasteiger charge is -2.14. The normalized spacial score (nSPS) is 12.0. The maximum atomic E-state index is 11.3. The van der Waals surface area contributed by atoms with Gasteiger partial charge in [0.15, 0.2) is 17.6 Å². The molecule has 0 heterocycles. The molecule has 49 heavy (non-hydrogen) atoms. The molecule has 1 N–H and O–H groups in total. The number of benzene rings is 2. The zero-order chi connectivity index (χ0) is 35.4. The Balaban J connectivity index is 1.97. The van der Waals surface area contributed by atoms with Crippen LogP contribution in [0.15, 0.2) is 42.5 Å². The van der Waals surface area contributed by atoms with Crippen molar-refractivity contribution in [2.45, 2.75) is 162 Å². The molecule has 0 aliphatic heterocycles. The largest absolute Gasteiger partial charge is 0.490 e. The third-order valence-electron chi connectivity index (χ3n) is 9.00. The van der Waals surface area contributed by atoms with Crippen LogP contribution in [0.25, 0.3) is 11.6 Å². The average Bonchev–Trinajstić information content (AvgIpc) is 3.11. The molecule has 6 heteroatoms. The fraction of sp³-hybridized carbons (Fsp3) is 0.628. The van der Waals surface area contributed by atoms with Crippen LogP contribution in [0.5, 0.6) is 17.2 Å². The van der Waals surface area contributed by atoms with Crippen molar-refractivity contribution in [1.29, 1.82) is 5.26 Å². The maximum Gasteiger partial charge on any atom is 0.344 e. The molecule has 0 saturated heterocycles. The molecule has 2 rings (SSSR count). The number of nitrogens with zero attached hydrogens (tertiary/aromatic N) is 1. The molecule has 0 aliphatic rings.